The summed E-state index contributed by atoms with van der Waals surface area (Å²) >= 11 is 6.03. The highest BCUT2D eigenvalue weighted by molar-refractivity contribution is 6.32. The molecular formula is C22H24ClN3O3. The van der Waals surface area contributed by atoms with Crippen molar-refractivity contribution in [3.05, 3.63) is 52.5 Å². The molecule has 1 unspecified atom stereocenters. The molecule has 1 amide bonds. The van der Waals surface area contributed by atoms with Gasteiger partial charge in [-0.2, -0.15) is 5.26 Å². The van der Waals surface area contributed by atoms with Crippen LogP contribution in [0.4, 0.5) is 5.69 Å². The van der Waals surface area contributed by atoms with Gasteiger partial charge in [0, 0.05) is 30.3 Å². The van der Waals surface area contributed by atoms with Crippen molar-refractivity contribution in [2.24, 2.45) is 0 Å². The fraction of sp³-hybridized carbons (Fsp3) is 0.364. The van der Waals surface area contributed by atoms with Gasteiger partial charge in [0.2, 0.25) is 5.91 Å². The molecule has 1 atom stereocenters. The number of nitriles is 1. The van der Waals surface area contributed by atoms with Gasteiger partial charge >= 0.3 is 0 Å². The number of likely N-dealkylation sites (tertiary alicyclic amines) is 1. The van der Waals surface area contributed by atoms with Crippen LogP contribution in [0, 0.1) is 11.3 Å². The minimum absolute atomic E-state index is 0.0889. The van der Waals surface area contributed by atoms with Crippen LogP contribution in [0.15, 0.2) is 36.4 Å². The number of amides is 1. The van der Waals surface area contributed by atoms with Gasteiger partial charge < -0.3 is 14.8 Å². The standard InChI is InChI=1S/C22H24ClN3O3/c1-28-17-7-8-21(29-2)18(13-17)20-4-3-10-26(20)11-9-22(27)25-16-6-5-15(14-24)19(23)12-16/h5-8,12-13,20H,3-4,9-11H2,1-2H3,(H,25,27). The van der Waals surface area contributed by atoms with E-state index in [0.717, 1.165) is 36.4 Å². The molecule has 1 N–H and O–H groups in total. The zero-order valence-electron chi connectivity index (χ0n) is 16.6. The molecule has 3 rings (SSSR count). The van der Waals surface area contributed by atoms with E-state index in [1.807, 2.05) is 24.3 Å². The number of methoxy groups -OCH3 is 2. The zero-order valence-corrected chi connectivity index (χ0v) is 17.3. The SMILES string of the molecule is COc1ccc(OC)c(C2CCCN2CCC(=O)Nc2ccc(C#N)c(Cl)c2)c1. The summed E-state index contributed by atoms with van der Waals surface area (Å²) in [6.45, 7) is 1.57. The van der Waals surface area contributed by atoms with E-state index in [1.165, 1.54) is 0 Å². The van der Waals surface area contributed by atoms with E-state index in [9.17, 15) is 4.79 Å². The molecule has 2 aromatic carbocycles. The van der Waals surface area contributed by atoms with Crippen molar-refractivity contribution in [3.63, 3.8) is 0 Å². The first-order valence-corrected chi connectivity index (χ1v) is 9.89. The first-order valence-electron chi connectivity index (χ1n) is 9.51. The van der Waals surface area contributed by atoms with Gasteiger partial charge in [0.25, 0.3) is 0 Å². The number of halogens is 1. The molecular weight excluding hydrogens is 390 g/mol. The average molecular weight is 414 g/mol. The van der Waals surface area contributed by atoms with Gasteiger partial charge in [-0.3, -0.25) is 9.69 Å². The summed E-state index contributed by atoms with van der Waals surface area (Å²) < 4.78 is 10.9. The topological polar surface area (TPSA) is 74.6 Å². The molecule has 0 saturated carbocycles. The number of carbonyl (C=O) groups excluding carboxylic acids is 1. The van der Waals surface area contributed by atoms with Crippen LogP contribution in [0.25, 0.3) is 0 Å². The van der Waals surface area contributed by atoms with Crippen molar-refractivity contribution >= 4 is 23.2 Å². The number of hydrogen-bond donors (Lipinski definition) is 1. The minimum atomic E-state index is -0.0889. The van der Waals surface area contributed by atoms with Gasteiger partial charge in [-0.15, -0.1) is 0 Å². The van der Waals surface area contributed by atoms with E-state index in [-0.39, 0.29) is 11.9 Å². The highest BCUT2D eigenvalue weighted by Gasteiger charge is 2.29. The Morgan fingerprint density at radius 2 is 2.10 bits per heavy atom. The fourth-order valence-corrected chi connectivity index (χ4v) is 3.92. The number of ether oxygens (including phenoxy) is 2. The average Bonchev–Trinajstić information content (AvgIpc) is 3.20. The Balaban J connectivity index is 1.64. The second-order valence-electron chi connectivity index (χ2n) is 6.91. The van der Waals surface area contributed by atoms with Crippen LogP contribution < -0.4 is 14.8 Å². The lowest BCUT2D eigenvalue weighted by atomic mass is 10.0. The third-order valence-electron chi connectivity index (χ3n) is 5.16. The predicted octanol–water partition coefficient (Wildman–Crippen LogP) is 4.39. The van der Waals surface area contributed by atoms with Crippen molar-refractivity contribution in [1.29, 1.82) is 5.26 Å². The molecule has 0 aliphatic carbocycles. The van der Waals surface area contributed by atoms with E-state index in [4.69, 9.17) is 26.3 Å². The number of anilines is 1. The Labute approximate surface area is 176 Å². The third kappa shape index (κ3) is 5.00. The Morgan fingerprint density at radius 1 is 1.28 bits per heavy atom. The molecule has 1 fully saturated rings. The molecule has 1 aliphatic heterocycles. The molecule has 29 heavy (non-hydrogen) atoms. The Hall–Kier alpha value is -2.75. The Kier molecular flexibility index (Phi) is 6.97. The highest BCUT2D eigenvalue weighted by atomic mass is 35.5. The van der Waals surface area contributed by atoms with Gasteiger partial charge in [-0.05, 0) is 55.8 Å². The number of rotatable bonds is 7. The molecule has 2 aromatic rings. The van der Waals surface area contributed by atoms with Crippen molar-refractivity contribution in [2.45, 2.75) is 25.3 Å². The second-order valence-corrected chi connectivity index (χ2v) is 7.31. The van der Waals surface area contributed by atoms with E-state index >= 15 is 0 Å². The summed E-state index contributed by atoms with van der Waals surface area (Å²) in [5.41, 5.74) is 2.06. The van der Waals surface area contributed by atoms with Gasteiger partial charge in [0.15, 0.2) is 0 Å². The van der Waals surface area contributed by atoms with Crippen LogP contribution in [-0.4, -0.2) is 38.1 Å². The van der Waals surface area contributed by atoms with E-state index in [2.05, 4.69) is 10.2 Å². The lowest BCUT2D eigenvalue weighted by Crippen LogP contribution is -2.28. The van der Waals surface area contributed by atoms with Crippen molar-refractivity contribution in [1.82, 2.24) is 4.90 Å². The van der Waals surface area contributed by atoms with Crippen LogP contribution in [0.2, 0.25) is 5.02 Å². The van der Waals surface area contributed by atoms with Crippen molar-refractivity contribution in [2.75, 3.05) is 32.6 Å². The number of nitrogens with zero attached hydrogens (tertiary/aromatic N) is 2. The summed E-state index contributed by atoms with van der Waals surface area (Å²) in [6, 6.07) is 12.9. The number of carbonyl (C=O) groups is 1. The van der Waals surface area contributed by atoms with Crippen molar-refractivity contribution in [3.8, 4) is 17.6 Å². The van der Waals surface area contributed by atoms with Gasteiger partial charge in [0.1, 0.15) is 17.6 Å². The Morgan fingerprint density at radius 3 is 2.79 bits per heavy atom. The maximum atomic E-state index is 12.4. The molecule has 6 nitrogen and oxygen atoms in total. The largest absolute Gasteiger partial charge is 0.497 e. The highest BCUT2D eigenvalue weighted by Crippen LogP contribution is 2.38. The molecule has 7 heteroatoms. The molecule has 0 bridgehead atoms. The normalized spacial score (nSPS) is 16.3. The van der Waals surface area contributed by atoms with Crippen LogP contribution in [0.3, 0.4) is 0 Å². The molecule has 1 aliphatic rings. The Bertz CT molecular complexity index is 926. The van der Waals surface area contributed by atoms with E-state index < -0.39 is 0 Å². The van der Waals surface area contributed by atoms with Crippen LogP contribution in [-0.2, 0) is 4.79 Å². The van der Waals surface area contributed by atoms with Crippen LogP contribution in [0.1, 0.15) is 36.4 Å². The lowest BCUT2D eigenvalue weighted by molar-refractivity contribution is -0.116. The van der Waals surface area contributed by atoms with Gasteiger partial charge in [-0.25, -0.2) is 0 Å². The molecule has 0 radical (unpaired) electrons. The first kappa shape index (κ1) is 21.0. The summed E-state index contributed by atoms with van der Waals surface area (Å²) in [6.07, 6.45) is 2.44. The monoisotopic (exact) mass is 413 g/mol. The summed E-state index contributed by atoms with van der Waals surface area (Å²) in [7, 11) is 3.32. The number of hydrogen-bond acceptors (Lipinski definition) is 5. The smallest absolute Gasteiger partial charge is 0.225 e. The molecule has 1 heterocycles. The molecule has 0 aromatic heterocycles. The third-order valence-corrected chi connectivity index (χ3v) is 5.47. The van der Waals surface area contributed by atoms with Gasteiger partial charge in [-0.1, -0.05) is 11.6 Å². The lowest BCUT2D eigenvalue weighted by Gasteiger charge is -2.26. The van der Waals surface area contributed by atoms with Crippen LogP contribution >= 0.6 is 11.6 Å². The summed E-state index contributed by atoms with van der Waals surface area (Å²) in [4.78, 5) is 14.7. The maximum Gasteiger partial charge on any atom is 0.225 e. The number of benzene rings is 2. The molecule has 1 saturated heterocycles. The van der Waals surface area contributed by atoms with E-state index in [1.54, 1.807) is 32.4 Å². The summed E-state index contributed by atoms with van der Waals surface area (Å²) in [5, 5.41) is 12.1. The maximum absolute atomic E-state index is 12.4. The zero-order chi connectivity index (χ0) is 20.8. The minimum Gasteiger partial charge on any atom is -0.497 e. The van der Waals surface area contributed by atoms with E-state index in [0.29, 0.717) is 29.2 Å². The predicted molar refractivity (Wildman–Crippen MR) is 113 cm³/mol. The van der Waals surface area contributed by atoms with Gasteiger partial charge in [0.05, 0.1) is 24.8 Å². The molecule has 152 valence electrons. The second kappa shape index (κ2) is 9.64. The summed E-state index contributed by atoms with van der Waals surface area (Å²) in [5.74, 6) is 1.54. The fourth-order valence-electron chi connectivity index (χ4n) is 3.70. The van der Waals surface area contributed by atoms with Crippen LogP contribution in [0.5, 0.6) is 11.5 Å². The quantitative estimate of drug-likeness (QED) is 0.728. The molecule has 0 spiro atoms. The van der Waals surface area contributed by atoms with Crippen molar-refractivity contribution < 1.29 is 14.3 Å². The first-order chi connectivity index (χ1) is 14.0. The number of nitrogens with one attached hydrogen (secondary N) is 1.